The number of piperidine rings is 1. The molecule has 4 N–H and O–H groups in total. The molecule has 0 atom stereocenters. The van der Waals surface area contributed by atoms with E-state index < -0.39 is 5.91 Å². The zero-order valence-corrected chi connectivity index (χ0v) is 21.8. The van der Waals surface area contributed by atoms with E-state index in [-0.39, 0.29) is 44.8 Å². The molecule has 1 fully saturated rings. The van der Waals surface area contributed by atoms with Crippen LogP contribution in [0.5, 0.6) is 0 Å². The van der Waals surface area contributed by atoms with E-state index in [9.17, 15) is 14.4 Å². The summed E-state index contributed by atoms with van der Waals surface area (Å²) in [6, 6.07) is 12.6. The number of likely N-dealkylation sites (tertiary alicyclic amines) is 1. The number of anilines is 2. The molecule has 3 amide bonds. The smallest absolute Gasteiger partial charge is 0.271 e. The zero-order valence-electron chi connectivity index (χ0n) is 20.3. The van der Waals surface area contributed by atoms with Crippen LogP contribution in [0.4, 0.5) is 11.4 Å². The lowest BCUT2D eigenvalue weighted by molar-refractivity contribution is -0.115. The molecule has 0 unspecified atom stereocenters. The van der Waals surface area contributed by atoms with Crippen molar-refractivity contribution in [1.29, 1.82) is 0 Å². The molecule has 1 aromatic heterocycles. The van der Waals surface area contributed by atoms with Gasteiger partial charge < -0.3 is 16.0 Å². The number of rotatable bonds is 8. The standard InChI is InChI=1S/C26H28Cl2N6O3/c1-2-22(35)30-18-6-3-5-16(13-18)15-34-11-9-17(10-12-34)31-26(37)24-21(14-29-33-24)32-25(36)23-19(27)7-4-8-20(23)28/h3-8,13-14,17H,2,9-12,15H2,1H3,(H,29,33)(H,30,35)(H,31,37)(H,32,36). The van der Waals surface area contributed by atoms with E-state index in [4.69, 9.17) is 23.2 Å². The molecule has 1 saturated heterocycles. The summed E-state index contributed by atoms with van der Waals surface area (Å²) in [6.45, 7) is 4.21. The first kappa shape index (κ1) is 26.7. The van der Waals surface area contributed by atoms with Gasteiger partial charge in [-0.2, -0.15) is 5.10 Å². The molecule has 0 bridgehead atoms. The summed E-state index contributed by atoms with van der Waals surface area (Å²) >= 11 is 12.2. The molecule has 1 aliphatic heterocycles. The average molecular weight is 543 g/mol. The second-order valence-corrected chi connectivity index (χ2v) is 9.65. The highest BCUT2D eigenvalue weighted by atomic mass is 35.5. The number of hydrogen-bond donors (Lipinski definition) is 4. The molecular weight excluding hydrogens is 515 g/mol. The van der Waals surface area contributed by atoms with E-state index in [0.29, 0.717) is 6.42 Å². The van der Waals surface area contributed by atoms with Gasteiger partial charge in [0.05, 0.1) is 27.5 Å². The molecule has 1 aliphatic rings. The minimum Gasteiger partial charge on any atom is -0.348 e. The molecule has 11 heteroatoms. The summed E-state index contributed by atoms with van der Waals surface area (Å²) in [4.78, 5) is 39.6. The third-order valence-electron chi connectivity index (χ3n) is 6.17. The molecule has 9 nitrogen and oxygen atoms in total. The van der Waals surface area contributed by atoms with Gasteiger partial charge in [0.2, 0.25) is 5.91 Å². The van der Waals surface area contributed by atoms with Gasteiger partial charge >= 0.3 is 0 Å². The van der Waals surface area contributed by atoms with Crippen molar-refractivity contribution in [3.63, 3.8) is 0 Å². The van der Waals surface area contributed by atoms with Gasteiger partial charge in [-0.15, -0.1) is 0 Å². The highest BCUT2D eigenvalue weighted by Gasteiger charge is 2.24. The van der Waals surface area contributed by atoms with Crippen molar-refractivity contribution in [3.8, 4) is 0 Å². The molecule has 0 aliphatic carbocycles. The molecule has 37 heavy (non-hydrogen) atoms. The molecule has 0 radical (unpaired) electrons. The molecule has 2 aromatic carbocycles. The third kappa shape index (κ3) is 6.88. The van der Waals surface area contributed by atoms with Gasteiger partial charge in [-0.05, 0) is 42.7 Å². The Balaban J connectivity index is 1.30. The van der Waals surface area contributed by atoms with E-state index in [1.54, 1.807) is 18.2 Å². The fourth-order valence-corrected chi connectivity index (χ4v) is 4.77. The predicted molar refractivity (Wildman–Crippen MR) is 144 cm³/mol. The lowest BCUT2D eigenvalue weighted by Gasteiger charge is -2.32. The third-order valence-corrected chi connectivity index (χ3v) is 6.80. The van der Waals surface area contributed by atoms with Crippen molar-refractivity contribution in [2.24, 2.45) is 0 Å². The Morgan fingerprint density at radius 2 is 1.73 bits per heavy atom. The number of H-pyrrole nitrogens is 1. The van der Waals surface area contributed by atoms with Crippen LogP contribution in [0.1, 0.15) is 52.6 Å². The first-order valence-electron chi connectivity index (χ1n) is 12.0. The topological polar surface area (TPSA) is 119 Å². The van der Waals surface area contributed by atoms with Gasteiger partial charge in [0.25, 0.3) is 11.8 Å². The van der Waals surface area contributed by atoms with Crippen molar-refractivity contribution < 1.29 is 14.4 Å². The number of carbonyl (C=O) groups excluding carboxylic acids is 3. The van der Waals surface area contributed by atoms with Gasteiger partial charge in [0.15, 0.2) is 0 Å². The number of nitrogens with one attached hydrogen (secondary N) is 4. The highest BCUT2D eigenvalue weighted by Crippen LogP contribution is 2.26. The minimum absolute atomic E-state index is 0.0104. The van der Waals surface area contributed by atoms with E-state index >= 15 is 0 Å². The van der Waals surface area contributed by atoms with Crippen LogP contribution in [0.3, 0.4) is 0 Å². The molecule has 4 rings (SSSR count). The number of hydrogen-bond acceptors (Lipinski definition) is 5. The Morgan fingerprint density at radius 3 is 2.43 bits per heavy atom. The normalized spacial score (nSPS) is 14.2. The number of amides is 3. The first-order valence-corrected chi connectivity index (χ1v) is 12.8. The van der Waals surface area contributed by atoms with Crippen LogP contribution >= 0.6 is 23.2 Å². The summed E-state index contributed by atoms with van der Waals surface area (Å²) in [5.41, 5.74) is 2.44. The molecular formula is C26H28Cl2N6O3. The Bertz CT molecular complexity index is 1270. The van der Waals surface area contributed by atoms with Crippen LogP contribution in [0, 0.1) is 0 Å². The monoisotopic (exact) mass is 542 g/mol. The van der Waals surface area contributed by atoms with Gasteiger partial charge in [0, 0.05) is 37.8 Å². The van der Waals surface area contributed by atoms with Crippen molar-refractivity contribution >= 4 is 52.3 Å². The summed E-state index contributed by atoms with van der Waals surface area (Å²) < 4.78 is 0. The Hall–Kier alpha value is -3.40. The van der Waals surface area contributed by atoms with E-state index in [1.165, 1.54) is 6.20 Å². The van der Waals surface area contributed by atoms with Gasteiger partial charge in [-0.3, -0.25) is 24.4 Å². The molecule has 2 heterocycles. The number of aromatic amines is 1. The first-order chi connectivity index (χ1) is 17.8. The Kier molecular flexibility index (Phi) is 8.81. The van der Waals surface area contributed by atoms with Crippen LogP contribution in [0.25, 0.3) is 0 Å². The Labute approximate surface area is 224 Å². The molecule has 194 valence electrons. The summed E-state index contributed by atoms with van der Waals surface area (Å²) in [5.74, 6) is -0.894. The van der Waals surface area contributed by atoms with Gasteiger partial charge in [-0.25, -0.2) is 0 Å². The minimum atomic E-state index is -0.530. The van der Waals surface area contributed by atoms with Crippen molar-refractivity contribution in [1.82, 2.24) is 20.4 Å². The SMILES string of the molecule is CCC(=O)Nc1cccc(CN2CCC(NC(=O)c3[nH]ncc3NC(=O)c3c(Cl)cccc3Cl)CC2)c1. The van der Waals surface area contributed by atoms with Gasteiger partial charge in [0.1, 0.15) is 5.69 Å². The lowest BCUT2D eigenvalue weighted by atomic mass is 10.0. The van der Waals surface area contributed by atoms with Crippen molar-refractivity contribution in [3.05, 3.63) is 75.5 Å². The van der Waals surface area contributed by atoms with Crippen LogP contribution < -0.4 is 16.0 Å². The summed E-state index contributed by atoms with van der Waals surface area (Å²) in [6.07, 6.45) is 3.37. The second-order valence-electron chi connectivity index (χ2n) is 8.84. The largest absolute Gasteiger partial charge is 0.348 e. The Morgan fingerprint density at radius 1 is 1.03 bits per heavy atom. The summed E-state index contributed by atoms with van der Waals surface area (Å²) in [7, 11) is 0. The van der Waals surface area contributed by atoms with E-state index in [0.717, 1.165) is 43.7 Å². The van der Waals surface area contributed by atoms with Crippen molar-refractivity contribution in [2.45, 2.75) is 38.8 Å². The predicted octanol–water partition coefficient (Wildman–Crippen LogP) is 4.71. The zero-order chi connectivity index (χ0) is 26.4. The van der Waals surface area contributed by atoms with Gasteiger partial charge in [-0.1, -0.05) is 48.3 Å². The summed E-state index contributed by atoms with van der Waals surface area (Å²) in [5, 5.41) is 15.6. The van der Waals surface area contributed by atoms with E-state index in [2.05, 4.69) is 31.0 Å². The highest BCUT2D eigenvalue weighted by molar-refractivity contribution is 6.40. The number of benzene rings is 2. The second kappa shape index (κ2) is 12.2. The number of halogens is 2. The number of aromatic nitrogens is 2. The lowest BCUT2D eigenvalue weighted by Crippen LogP contribution is -2.44. The van der Waals surface area contributed by atoms with Crippen molar-refractivity contribution in [2.75, 3.05) is 23.7 Å². The fourth-order valence-electron chi connectivity index (χ4n) is 4.20. The maximum atomic E-state index is 12.9. The maximum absolute atomic E-state index is 12.9. The van der Waals surface area contributed by atoms with E-state index in [1.807, 2.05) is 31.2 Å². The molecule has 0 spiro atoms. The van der Waals surface area contributed by atoms with Crippen LogP contribution in [-0.4, -0.2) is 52.0 Å². The number of nitrogens with zero attached hydrogens (tertiary/aromatic N) is 2. The maximum Gasteiger partial charge on any atom is 0.271 e. The van der Waals surface area contributed by atoms with Crippen LogP contribution in [0.2, 0.25) is 10.0 Å². The number of carbonyl (C=O) groups is 3. The molecule has 3 aromatic rings. The van der Waals surface area contributed by atoms with Crippen LogP contribution in [0.15, 0.2) is 48.7 Å². The quantitative estimate of drug-likeness (QED) is 0.328. The fraction of sp³-hybridized carbons (Fsp3) is 0.308. The van der Waals surface area contributed by atoms with Crippen LogP contribution in [-0.2, 0) is 11.3 Å². The average Bonchev–Trinajstić information content (AvgIpc) is 3.33. The molecule has 0 saturated carbocycles.